The fraction of sp³-hybridized carbons (Fsp3) is 0.409. The van der Waals surface area contributed by atoms with Crippen LogP contribution in [0.1, 0.15) is 36.0 Å². The van der Waals surface area contributed by atoms with Crippen LogP contribution in [-0.4, -0.2) is 25.7 Å². The number of aryl methyl sites for hydroxylation is 2. The molecule has 4 nitrogen and oxygen atoms in total. The van der Waals surface area contributed by atoms with Crippen LogP contribution in [0.2, 0.25) is 5.02 Å². The van der Waals surface area contributed by atoms with Gasteiger partial charge in [-0.1, -0.05) is 35.9 Å². The zero-order chi connectivity index (χ0) is 18.7. The predicted octanol–water partition coefficient (Wildman–Crippen LogP) is 4.30. The van der Waals surface area contributed by atoms with Crippen molar-refractivity contribution >= 4 is 23.2 Å². The number of hydrogen-bond acceptors (Lipinski definition) is 2. The van der Waals surface area contributed by atoms with Gasteiger partial charge < -0.3 is 15.8 Å². The first kappa shape index (κ1) is 18.3. The highest BCUT2D eigenvalue weighted by Gasteiger charge is 2.36. The minimum Gasteiger partial charge on any atom is -0.381 e. The van der Waals surface area contributed by atoms with Crippen molar-refractivity contribution in [2.75, 3.05) is 25.1 Å². The van der Waals surface area contributed by atoms with Crippen LogP contribution < -0.4 is 11.1 Å². The molecule has 0 amide bonds. The van der Waals surface area contributed by atoms with Gasteiger partial charge in [-0.3, -0.25) is 4.99 Å². The molecule has 27 heavy (non-hydrogen) atoms. The average molecular weight is 384 g/mol. The molecule has 1 heterocycles. The van der Waals surface area contributed by atoms with Gasteiger partial charge in [0.2, 0.25) is 0 Å². The molecule has 5 heteroatoms. The van der Waals surface area contributed by atoms with Gasteiger partial charge >= 0.3 is 0 Å². The largest absolute Gasteiger partial charge is 0.381 e. The van der Waals surface area contributed by atoms with E-state index in [1.807, 2.05) is 18.2 Å². The molecule has 2 aliphatic rings. The average Bonchev–Trinajstić information content (AvgIpc) is 3.15. The van der Waals surface area contributed by atoms with E-state index in [1.165, 1.54) is 24.0 Å². The van der Waals surface area contributed by atoms with Crippen LogP contribution in [0.15, 0.2) is 47.5 Å². The number of fused-ring (bicyclic) bond motifs is 1. The zero-order valence-corrected chi connectivity index (χ0v) is 16.3. The predicted molar refractivity (Wildman–Crippen MR) is 112 cm³/mol. The molecule has 4 rings (SSSR count). The maximum atomic E-state index is 6.51. The van der Waals surface area contributed by atoms with Gasteiger partial charge in [-0.05, 0) is 67.0 Å². The van der Waals surface area contributed by atoms with Gasteiger partial charge in [0.05, 0.1) is 6.54 Å². The lowest BCUT2D eigenvalue weighted by atomic mass is 9.74. The van der Waals surface area contributed by atoms with Crippen molar-refractivity contribution in [1.82, 2.24) is 0 Å². The number of hydrogen-bond donors (Lipinski definition) is 2. The summed E-state index contributed by atoms with van der Waals surface area (Å²) in [5.41, 5.74) is 11.1. The smallest absolute Gasteiger partial charge is 0.193 e. The summed E-state index contributed by atoms with van der Waals surface area (Å²) < 4.78 is 5.59. The van der Waals surface area contributed by atoms with Crippen molar-refractivity contribution in [2.24, 2.45) is 10.7 Å². The van der Waals surface area contributed by atoms with Crippen LogP contribution in [0.3, 0.4) is 0 Å². The molecule has 0 radical (unpaired) electrons. The number of guanidine groups is 1. The molecule has 2 aromatic rings. The number of rotatable bonds is 4. The van der Waals surface area contributed by atoms with Crippen LogP contribution in [0.25, 0.3) is 0 Å². The molecule has 0 bridgehead atoms. The first-order chi connectivity index (χ1) is 13.2. The molecular formula is C22H26ClN3O. The summed E-state index contributed by atoms with van der Waals surface area (Å²) in [7, 11) is 0. The Morgan fingerprint density at radius 2 is 1.89 bits per heavy atom. The van der Waals surface area contributed by atoms with E-state index in [-0.39, 0.29) is 5.41 Å². The second kappa shape index (κ2) is 7.91. The molecule has 1 saturated heterocycles. The quantitative estimate of drug-likeness (QED) is 0.611. The van der Waals surface area contributed by atoms with Crippen molar-refractivity contribution in [3.63, 3.8) is 0 Å². The highest BCUT2D eigenvalue weighted by molar-refractivity contribution is 6.31. The molecule has 0 unspecified atom stereocenters. The van der Waals surface area contributed by atoms with Gasteiger partial charge in [0, 0.05) is 29.3 Å². The topological polar surface area (TPSA) is 59.6 Å². The molecule has 0 atom stereocenters. The van der Waals surface area contributed by atoms with Gasteiger partial charge in [0.15, 0.2) is 5.96 Å². The molecular weight excluding hydrogens is 358 g/mol. The Balaban J connectivity index is 1.52. The number of nitrogens with zero attached hydrogens (tertiary/aromatic N) is 1. The maximum absolute atomic E-state index is 6.51. The number of nitrogens with two attached hydrogens (primary N) is 1. The maximum Gasteiger partial charge on any atom is 0.193 e. The summed E-state index contributed by atoms with van der Waals surface area (Å²) in [6.07, 6.45) is 5.36. The van der Waals surface area contributed by atoms with Crippen LogP contribution >= 0.6 is 11.6 Å². The summed E-state index contributed by atoms with van der Waals surface area (Å²) >= 11 is 6.51. The summed E-state index contributed by atoms with van der Waals surface area (Å²) in [5.74, 6) is 0.450. The van der Waals surface area contributed by atoms with E-state index < -0.39 is 0 Å². The van der Waals surface area contributed by atoms with E-state index in [4.69, 9.17) is 27.1 Å². The van der Waals surface area contributed by atoms with Crippen molar-refractivity contribution in [3.05, 3.63) is 64.2 Å². The summed E-state index contributed by atoms with van der Waals surface area (Å²) in [5, 5.41) is 4.05. The van der Waals surface area contributed by atoms with Gasteiger partial charge in [-0.25, -0.2) is 0 Å². The fourth-order valence-electron chi connectivity index (χ4n) is 4.24. The fourth-order valence-corrected chi connectivity index (χ4v) is 4.58. The molecule has 1 aliphatic heterocycles. The molecule has 0 aromatic heterocycles. The highest BCUT2D eigenvalue weighted by atomic mass is 35.5. The Morgan fingerprint density at radius 1 is 1.11 bits per heavy atom. The van der Waals surface area contributed by atoms with Crippen molar-refractivity contribution < 1.29 is 4.74 Å². The Hall–Kier alpha value is -2.04. The van der Waals surface area contributed by atoms with E-state index in [2.05, 4.69) is 29.6 Å². The Kier molecular flexibility index (Phi) is 5.37. The van der Waals surface area contributed by atoms with Crippen LogP contribution in [0.5, 0.6) is 0 Å². The number of benzene rings is 2. The lowest BCUT2D eigenvalue weighted by Gasteiger charge is -2.37. The minimum absolute atomic E-state index is 0.124. The van der Waals surface area contributed by atoms with Gasteiger partial charge in [-0.2, -0.15) is 0 Å². The normalized spacial score (nSPS) is 18.9. The molecule has 0 spiro atoms. The summed E-state index contributed by atoms with van der Waals surface area (Å²) in [6, 6.07) is 14.5. The first-order valence-corrected chi connectivity index (χ1v) is 10.1. The lowest BCUT2D eigenvalue weighted by molar-refractivity contribution is 0.0532. The number of halogens is 1. The van der Waals surface area contributed by atoms with Gasteiger partial charge in [0.1, 0.15) is 0 Å². The first-order valence-electron chi connectivity index (χ1n) is 9.68. The third-order valence-corrected chi connectivity index (χ3v) is 6.15. The Morgan fingerprint density at radius 3 is 2.70 bits per heavy atom. The van der Waals surface area contributed by atoms with E-state index in [0.29, 0.717) is 12.5 Å². The number of ether oxygens (including phenoxy) is 1. The van der Waals surface area contributed by atoms with Crippen molar-refractivity contribution in [3.8, 4) is 0 Å². The number of aliphatic imine (C=N–C) groups is 1. The highest BCUT2D eigenvalue weighted by Crippen LogP contribution is 2.39. The van der Waals surface area contributed by atoms with Crippen LogP contribution in [0.4, 0.5) is 5.69 Å². The summed E-state index contributed by atoms with van der Waals surface area (Å²) in [6.45, 7) is 2.04. The van der Waals surface area contributed by atoms with Gasteiger partial charge in [0.25, 0.3) is 0 Å². The molecule has 0 saturated carbocycles. The van der Waals surface area contributed by atoms with Gasteiger partial charge in [-0.15, -0.1) is 0 Å². The minimum atomic E-state index is -0.124. The van der Waals surface area contributed by atoms with Crippen molar-refractivity contribution in [2.45, 2.75) is 37.5 Å². The molecule has 1 fully saturated rings. The zero-order valence-electron chi connectivity index (χ0n) is 15.5. The number of nitrogens with one attached hydrogen (secondary N) is 1. The van der Waals surface area contributed by atoms with Crippen LogP contribution in [0, 0.1) is 0 Å². The summed E-state index contributed by atoms with van der Waals surface area (Å²) in [4.78, 5) is 4.70. The monoisotopic (exact) mass is 383 g/mol. The molecule has 3 N–H and O–H groups in total. The number of anilines is 1. The second-order valence-electron chi connectivity index (χ2n) is 7.54. The molecule has 1 aliphatic carbocycles. The second-order valence-corrected chi connectivity index (χ2v) is 7.94. The third-order valence-electron chi connectivity index (χ3n) is 5.82. The van der Waals surface area contributed by atoms with Crippen LogP contribution in [-0.2, 0) is 23.0 Å². The van der Waals surface area contributed by atoms with E-state index in [0.717, 1.165) is 48.7 Å². The van der Waals surface area contributed by atoms with E-state index >= 15 is 0 Å². The van der Waals surface area contributed by atoms with E-state index in [9.17, 15) is 0 Å². The molecule has 2 aromatic carbocycles. The lowest BCUT2D eigenvalue weighted by Crippen LogP contribution is -2.38. The molecule has 142 valence electrons. The SMILES string of the molecule is NC(=NCC1(c2ccccc2Cl)CCOCC1)Nc1ccc2c(c1)CCC2. The van der Waals surface area contributed by atoms with E-state index in [1.54, 1.807) is 0 Å². The standard InChI is InChI=1S/C22H26ClN3O/c23-20-7-2-1-6-19(20)22(10-12-27-13-11-22)15-25-21(24)26-18-9-8-16-4-3-5-17(16)14-18/h1-2,6-9,14H,3-5,10-13,15H2,(H3,24,25,26). The Labute approximate surface area is 165 Å². The van der Waals surface area contributed by atoms with Crippen molar-refractivity contribution in [1.29, 1.82) is 0 Å². The third kappa shape index (κ3) is 3.97. The Bertz CT molecular complexity index is 843.